The van der Waals surface area contributed by atoms with E-state index in [1.165, 1.54) is 23.8 Å². The number of nitrogens with one attached hydrogen (secondary N) is 1. The number of esters is 1. The van der Waals surface area contributed by atoms with Crippen molar-refractivity contribution in [3.8, 4) is 0 Å². The number of benzene rings is 2. The van der Waals surface area contributed by atoms with E-state index in [0.29, 0.717) is 12.1 Å². The van der Waals surface area contributed by atoms with Gasteiger partial charge in [0.05, 0.1) is 12.7 Å². The second-order valence-corrected chi connectivity index (χ2v) is 8.89. The van der Waals surface area contributed by atoms with Gasteiger partial charge in [0.1, 0.15) is 5.60 Å². The molecule has 166 valence electrons. The molecule has 2 aromatic rings. The van der Waals surface area contributed by atoms with E-state index in [1.807, 2.05) is 32.9 Å². The van der Waals surface area contributed by atoms with Crippen molar-refractivity contribution in [2.75, 3.05) is 20.2 Å². The van der Waals surface area contributed by atoms with Gasteiger partial charge in [-0.1, -0.05) is 36.4 Å². The van der Waals surface area contributed by atoms with Gasteiger partial charge in [0, 0.05) is 26.2 Å². The summed E-state index contributed by atoms with van der Waals surface area (Å²) in [6.07, 6.45) is 1.21. The molecule has 1 aliphatic rings. The molecule has 0 saturated carbocycles. The third kappa shape index (κ3) is 6.56. The van der Waals surface area contributed by atoms with Crippen LogP contribution in [0.5, 0.6) is 0 Å². The Morgan fingerprint density at radius 2 is 1.77 bits per heavy atom. The van der Waals surface area contributed by atoms with Crippen LogP contribution in [-0.2, 0) is 35.4 Å². The molecule has 2 aromatic carbocycles. The first-order chi connectivity index (χ1) is 14.7. The highest BCUT2D eigenvalue weighted by Gasteiger charge is 2.22. The van der Waals surface area contributed by atoms with E-state index in [-0.39, 0.29) is 12.1 Å². The van der Waals surface area contributed by atoms with Crippen LogP contribution >= 0.6 is 0 Å². The average molecular weight is 425 g/mol. The van der Waals surface area contributed by atoms with Crippen molar-refractivity contribution in [1.82, 2.24) is 10.2 Å². The van der Waals surface area contributed by atoms with Crippen molar-refractivity contribution in [3.63, 3.8) is 0 Å². The van der Waals surface area contributed by atoms with Crippen LogP contribution in [0.3, 0.4) is 0 Å². The maximum atomic E-state index is 12.0. The molecule has 0 spiro atoms. The van der Waals surface area contributed by atoms with Crippen molar-refractivity contribution >= 4 is 12.1 Å². The molecule has 6 nitrogen and oxygen atoms in total. The van der Waals surface area contributed by atoms with Crippen molar-refractivity contribution in [2.45, 2.75) is 52.3 Å². The fourth-order valence-electron chi connectivity index (χ4n) is 3.80. The SMILES string of the molecule is COC(=O)c1cccc2c1CCN(Cc1ccc(CCNC(=O)OC(C)(C)C)cc1)C2. The number of carbonyl (C=O) groups is 2. The smallest absolute Gasteiger partial charge is 0.407 e. The largest absolute Gasteiger partial charge is 0.465 e. The van der Waals surface area contributed by atoms with Gasteiger partial charge in [0.25, 0.3) is 0 Å². The summed E-state index contributed by atoms with van der Waals surface area (Å²) in [4.78, 5) is 26.1. The number of carbonyl (C=O) groups excluding carboxylic acids is 2. The molecule has 0 saturated heterocycles. The van der Waals surface area contributed by atoms with Gasteiger partial charge in [-0.05, 0) is 61.9 Å². The van der Waals surface area contributed by atoms with Crippen LogP contribution in [-0.4, -0.2) is 42.8 Å². The Kier molecular flexibility index (Phi) is 7.33. The van der Waals surface area contributed by atoms with E-state index >= 15 is 0 Å². The molecule has 6 heteroatoms. The summed E-state index contributed by atoms with van der Waals surface area (Å²) in [7, 11) is 1.42. The molecule has 0 fully saturated rings. The summed E-state index contributed by atoms with van der Waals surface area (Å²) in [5.74, 6) is -0.262. The molecule has 0 bridgehead atoms. The lowest BCUT2D eigenvalue weighted by Gasteiger charge is -2.29. The van der Waals surface area contributed by atoms with E-state index in [4.69, 9.17) is 9.47 Å². The highest BCUT2D eigenvalue weighted by Crippen LogP contribution is 2.24. The fraction of sp³-hybridized carbons (Fsp3) is 0.440. The third-order valence-electron chi connectivity index (χ3n) is 5.26. The van der Waals surface area contributed by atoms with Crippen LogP contribution in [0.15, 0.2) is 42.5 Å². The zero-order valence-electron chi connectivity index (χ0n) is 18.9. The van der Waals surface area contributed by atoms with Crippen molar-refractivity contribution < 1.29 is 19.1 Å². The van der Waals surface area contributed by atoms with Gasteiger partial charge >= 0.3 is 12.1 Å². The molecule has 0 aromatic heterocycles. The number of ether oxygens (including phenoxy) is 2. The van der Waals surface area contributed by atoms with Gasteiger partial charge < -0.3 is 14.8 Å². The van der Waals surface area contributed by atoms with Crippen molar-refractivity contribution in [2.24, 2.45) is 0 Å². The first-order valence-corrected chi connectivity index (χ1v) is 10.7. The lowest BCUT2D eigenvalue weighted by atomic mass is 9.94. The Bertz CT molecular complexity index is 916. The van der Waals surface area contributed by atoms with Crippen LogP contribution < -0.4 is 5.32 Å². The highest BCUT2D eigenvalue weighted by atomic mass is 16.6. The lowest BCUT2D eigenvalue weighted by Crippen LogP contribution is -2.33. The van der Waals surface area contributed by atoms with E-state index in [9.17, 15) is 9.59 Å². The topological polar surface area (TPSA) is 67.9 Å². The second-order valence-electron chi connectivity index (χ2n) is 8.89. The minimum absolute atomic E-state index is 0.262. The van der Waals surface area contributed by atoms with Crippen molar-refractivity contribution in [1.29, 1.82) is 0 Å². The predicted molar refractivity (Wildman–Crippen MR) is 120 cm³/mol. The molecule has 1 aliphatic heterocycles. The van der Waals surface area contributed by atoms with E-state index in [2.05, 4.69) is 40.5 Å². The molecule has 1 heterocycles. The number of hydrogen-bond acceptors (Lipinski definition) is 5. The maximum absolute atomic E-state index is 12.0. The molecule has 0 atom stereocenters. The number of fused-ring (bicyclic) bond motifs is 1. The number of nitrogens with zero attached hydrogens (tertiary/aromatic N) is 1. The Balaban J connectivity index is 1.51. The molecular weight excluding hydrogens is 392 g/mol. The first-order valence-electron chi connectivity index (χ1n) is 10.7. The highest BCUT2D eigenvalue weighted by molar-refractivity contribution is 5.91. The number of alkyl carbamates (subject to hydrolysis) is 1. The quantitative estimate of drug-likeness (QED) is 0.707. The van der Waals surface area contributed by atoms with Crippen molar-refractivity contribution in [3.05, 3.63) is 70.3 Å². The lowest BCUT2D eigenvalue weighted by molar-refractivity contribution is 0.0527. The molecular formula is C25H32N2O4. The molecule has 0 unspecified atom stereocenters. The molecule has 1 N–H and O–H groups in total. The summed E-state index contributed by atoms with van der Waals surface area (Å²) < 4.78 is 10.2. The van der Waals surface area contributed by atoms with Gasteiger partial charge in [-0.3, -0.25) is 4.90 Å². The van der Waals surface area contributed by atoms with Gasteiger partial charge in [0.2, 0.25) is 0 Å². The molecule has 1 amide bonds. The minimum atomic E-state index is -0.485. The summed E-state index contributed by atoms with van der Waals surface area (Å²) in [5, 5.41) is 2.79. The summed E-state index contributed by atoms with van der Waals surface area (Å²) in [6, 6.07) is 14.4. The number of hydrogen-bond donors (Lipinski definition) is 1. The normalized spacial score (nSPS) is 13.9. The summed E-state index contributed by atoms with van der Waals surface area (Å²) in [5.41, 5.74) is 4.92. The predicted octanol–water partition coefficient (Wildman–Crippen LogP) is 4.10. The van der Waals surface area contributed by atoms with Gasteiger partial charge in [-0.25, -0.2) is 9.59 Å². The second kappa shape index (κ2) is 9.96. The summed E-state index contributed by atoms with van der Waals surface area (Å²) in [6.45, 7) is 8.68. The molecule has 3 rings (SSSR count). The van der Waals surface area contributed by atoms with Crippen LogP contribution in [0.2, 0.25) is 0 Å². The monoisotopic (exact) mass is 424 g/mol. The number of amides is 1. The van der Waals surface area contributed by atoms with E-state index in [1.54, 1.807) is 0 Å². The number of methoxy groups -OCH3 is 1. The Morgan fingerprint density at radius 3 is 2.45 bits per heavy atom. The molecule has 31 heavy (non-hydrogen) atoms. The van der Waals surface area contributed by atoms with E-state index in [0.717, 1.165) is 38.0 Å². The van der Waals surface area contributed by atoms with Gasteiger partial charge in [-0.15, -0.1) is 0 Å². The number of rotatable bonds is 6. The zero-order chi connectivity index (χ0) is 22.4. The molecule has 0 aliphatic carbocycles. The fourth-order valence-corrected chi connectivity index (χ4v) is 3.80. The average Bonchev–Trinajstić information content (AvgIpc) is 2.72. The van der Waals surface area contributed by atoms with Gasteiger partial charge in [0.15, 0.2) is 0 Å². The minimum Gasteiger partial charge on any atom is -0.465 e. The Labute approximate surface area is 184 Å². The standard InChI is InChI=1S/C25H32N2O4/c1-25(2,3)31-24(29)26-14-12-18-8-10-19(11-9-18)16-27-15-13-21-20(17-27)6-5-7-22(21)23(28)30-4/h5-11H,12-17H2,1-4H3,(H,26,29). The van der Waals surface area contributed by atoms with E-state index < -0.39 is 5.60 Å². The molecule has 0 radical (unpaired) electrons. The van der Waals surface area contributed by atoms with Crippen LogP contribution in [0.1, 0.15) is 53.4 Å². The summed E-state index contributed by atoms with van der Waals surface area (Å²) >= 11 is 0. The van der Waals surface area contributed by atoms with Crippen LogP contribution in [0.4, 0.5) is 4.79 Å². The van der Waals surface area contributed by atoms with Crippen LogP contribution in [0.25, 0.3) is 0 Å². The Hall–Kier alpha value is -2.86. The van der Waals surface area contributed by atoms with Gasteiger partial charge in [-0.2, -0.15) is 0 Å². The maximum Gasteiger partial charge on any atom is 0.407 e. The first kappa shape index (κ1) is 22.8. The Morgan fingerprint density at radius 1 is 1.06 bits per heavy atom. The third-order valence-corrected chi connectivity index (χ3v) is 5.26. The van der Waals surface area contributed by atoms with Crippen LogP contribution in [0, 0.1) is 0 Å². The zero-order valence-corrected chi connectivity index (χ0v) is 18.9.